The number of benzene rings is 3. The molecule has 2 amide bonds. The van der Waals surface area contributed by atoms with E-state index >= 15 is 0 Å². The van der Waals surface area contributed by atoms with E-state index in [0.29, 0.717) is 11.3 Å². The van der Waals surface area contributed by atoms with Crippen LogP contribution in [0.1, 0.15) is 32.6 Å². The van der Waals surface area contributed by atoms with E-state index in [-0.39, 0.29) is 18.4 Å². The Kier molecular flexibility index (Phi) is 6.44. The van der Waals surface area contributed by atoms with Crippen molar-refractivity contribution in [2.24, 2.45) is 0 Å². The van der Waals surface area contributed by atoms with E-state index in [1.165, 1.54) is 0 Å². The van der Waals surface area contributed by atoms with Crippen LogP contribution >= 0.6 is 0 Å². The molecule has 0 spiro atoms. The molecule has 0 saturated heterocycles. The van der Waals surface area contributed by atoms with E-state index in [2.05, 4.69) is 22.5 Å². The Morgan fingerprint density at radius 3 is 2.17 bits per heavy atom. The van der Waals surface area contributed by atoms with Crippen LogP contribution in [0.2, 0.25) is 0 Å². The molecule has 0 aromatic heterocycles. The van der Waals surface area contributed by atoms with Gasteiger partial charge in [-0.2, -0.15) is 0 Å². The monoisotopic (exact) mass is 382 g/mol. The predicted octanol–water partition coefficient (Wildman–Crippen LogP) is 4.07. The number of amides is 2. The highest BCUT2D eigenvalue weighted by Gasteiger charge is 2.09. The molecule has 0 aliphatic rings. The van der Waals surface area contributed by atoms with Crippen molar-refractivity contribution >= 4 is 17.5 Å². The van der Waals surface area contributed by atoms with Crippen LogP contribution in [0.4, 0.5) is 5.69 Å². The first-order chi connectivity index (χ1) is 14.0. The third-order valence-corrected chi connectivity index (χ3v) is 4.16. The van der Waals surface area contributed by atoms with E-state index in [1.807, 2.05) is 62.4 Å². The van der Waals surface area contributed by atoms with Crippen molar-refractivity contribution in [2.45, 2.75) is 13.8 Å². The molecule has 0 aliphatic carbocycles. The molecule has 4 nitrogen and oxygen atoms in total. The van der Waals surface area contributed by atoms with E-state index in [4.69, 9.17) is 0 Å². The zero-order valence-corrected chi connectivity index (χ0v) is 16.5. The van der Waals surface area contributed by atoms with Crippen LogP contribution in [-0.2, 0) is 4.79 Å². The summed E-state index contributed by atoms with van der Waals surface area (Å²) in [5.41, 5.74) is 4.92. The van der Waals surface area contributed by atoms with Crippen molar-refractivity contribution in [3.63, 3.8) is 0 Å². The Morgan fingerprint density at radius 1 is 0.793 bits per heavy atom. The van der Waals surface area contributed by atoms with Crippen molar-refractivity contribution in [3.8, 4) is 11.8 Å². The summed E-state index contributed by atoms with van der Waals surface area (Å²) in [4.78, 5) is 24.5. The highest BCUT2D eigenvalue weighted by atomic mass is 16.2. The third-order valence-electron chi connectivity index (χ3n) is 4.16. The average Bonchev–Trinajstić information content (AvgIpc) is 2.71. The summed E-state index contributed by atoms with van der Waals surface area (Å²) in [6, 6.07) is 22.6. The van der Waals surface area contributed by atoms with Gasteiger partial charge in [-0.3, -0.25) is 9.59 Å². The van der Waals surface area contributed by atoms with E-state index in [1.54, 1.807) is 24.3 Å². The minimum Gasteiger partial charge on any atom is -0.343 e. The molecule has 0 aliphatic heterocycles. The lowest BCUT2D eigenvalue weighted by Gasteiger charge is -2.08. The standard InChI is InChI=1S/C25H22N2O2/c1-18-13-19(2)15-22(14-18)25(29)26-17-24(28)27-23-10-6-9-21(16-23)12-11-20-7-4-3-5-8-20/h3-10,13-16H,17H2,1-2H3,(H,26,29)(H,27,28). The molecule has 29 heavy (non-hydrogen) atoms. The van der Waals surface area contributed by atoms with Gasteiger partial charge < -0.3 is 10.6 Å². The van der Waals surface area contributed by atoms with Crippen LogP contribution in [0.3, 0.4) is 0 Å². The summed E-state index contributed by atoms with van der Waals surface area (Å²) >= 11 is 0. The van der Waals surface area contributed by atoms with Crippen LogP contribution in [-0.4, -0.2) is 18.4 Å². The second-order valence-electron chi connectivity index (χ2n) is 6.80. The summed E-state index contributed by atoms with van der Waals surface area (Å²) in [6.07, 6.45) is 0. The first-order valence-electron chi connectivity index (χ1n) is 9.33. The molecule has 0 fully saturated rings. The number of carbonyl (C=O) groups is 2. The quantitative estimate of drug-likeness (QED) is 0.668. The summed E-state index contributed by atoms with van der Waals surface area (Å²) in [7, 11) is 0. The zero-order valence-electron chi connectivity index (χ0n) is 16.5. The van der Waals surface area contributed by atoms with Crippen molar-refractivity contribution in [3.05, 3.63) is 101 Å². The largest absolute Gasteiger partial charge is 0.343 e. The number of anilines is 1. The van der Waals surface area contributed by atoms with Gasteiger partial charge in [0.15, 0.2) is 0 Å². The third kappa shape index (κ3) is 6.08. The SMILES string of the molecule is Cc1cc(C)cc(C(=O)NCC(=O)Nc2cccc(C#Cc3ccccc3)c2)c1. The van der Waals surface area contributed by atoms with Crippen LogP contribution in [0.5, 0.6) is 0 Å². The summed E-state index contributed by atoms with van der Waals surface area (Å²) < 4.78 is 0. The van der Waals surface area contributed by atoms with Gasteiger partial charge in [0, 0.05) is 22.4 Å². The van der Waals surface area contributed by atoms with E-state index < -0.39 is 0 Å². The normalized spacial score (nSPS) is 9.86. The minimum atomic E-state index is -0.295. The lowest BCUT2D eigenvalue weighted by molar-refractivity contribution is -0.115. The zero-order chi connectivity index (χ0) is 20.6. The van der Waals surface area contributed by atoms with Gasteiger partial charge in [0.1, 0.15) is 0 Å². The van der Waals surface area contributed by atoms with E-state index in [0.717, 1.165) is 22.3 Å². The average molecular weight is 382 g/mol. The Hall–Kier alpha value is -3.84. The number of carbonyl (C=O) groups excluding carboxylic acids is 2. The molecule has 144 valence electrons. The number of hydrogen-bond donors (Lipinski definition) is 2. The number of rotatable bonds is 4. The Bertz CT molecular complexity index is 1070. The molecule has 0 heterocycles. The molecular weight excluding hydrogens is 360 g/mol. The highest BCUT2D eigenvalue weighted by molar-refractivity contribution is 5.99. The maximum absolute atomic E-state index is 12.3. The van der Waals surface area contributed by atoms with Gasteiger partial charge in [-0.1, -0.05) is 53.3 Å². The molecule has 0 radical (unpaired) electrons. The molecule has 4 heteroatoms. The lowest BCUT2D eigenvalue weighted by Crippen LogP contribution is -2.32. The smallest absolute Gasteiger partial charge is 0.251 e. The van der Waals surface area contributed by atoms with Crippen LogP contribution in [0.15, 0.2) is 72.8 Å². The molecule has 3 aromatic carbocycles. The van der Waals surface area contributed by atoms with Gasteiger partial charge in [0.2, 0.25) is 5.91 Å². The second-order valence-corrected chi connectivity index (χ2v) is 6.80. The van der Waals surface area contributed by atoms with Gasteiger partial charge >= 0.3 is 0 Å². The molecular formula is C25H22N2O2. The van der Waals surface area contributed by atoms with Crippen molar-refractivity contribution < 1.29 is 9.59 Å². The predicted molar refractivity (Wildman–Crippen MR) is 116 cm³/mol. The first-order valence-corrected chi connectivity index (χ1v) is 9.33. The fraction of sp³-hybridized carbons (Fsp3) is 0.120. The van der Waals surface area contributed by atoms with Crippen LogP contribution in [0.25, 0.3) is 0 Å². The molecule has 3 rings (SSSR count). The fourth-order valence-electron chi connectivity index (χ4n) is 2.91. The van der Waals surface area contributed by atoms with Crippen LogP contribution < -0.4 is 10.6 Å². The Balaban J connectivity index is 1.58. The second kappa shape index (κ2) is 9.38. The Labute approximate surface area is 171 Å². The molecule has 0 bridgehead atoms. The number of hydrogen-bond acceptors (Lipinski definition) is 2. The summed E-state index contributed by atoms with van der Waals surface area (Å²) in [6.45, 7) is 3.76. The first kappa shape index (κ1) is 19.9. The van der Waals surface area contributed by atoms with Crippen LogP contribution in [0, 0.1) is 25.7 Å². The Morgan fingerprint density at radius 2 is 1.45 bits per heavy atom. The molecule has 0 saturated carbocycles. The topological polar surface area (TPSA) is 58.2 Å². The maximum Gasteiger partial charge on any atom is 0.251 e. The van der Waals surface area contributed by atoms with E-state index in [9.17, 15) is 9.59 Å². The van der Waals surface area contributed by atoms with Gasteiger partial charge in [-0.15, -0.1) is 0 Å². The fourth-order valence-corrected chi connectivity index (χ4v) is 2.91. The van der Waals surface area contributed by atoms with Crippen molar-refractivity contribution in [1.29, 1.82) is 0 Å². The lowest BCUT2D eigenvalue weighted by atomic mass is 10.1. The van der Waals surface area contributed by atoms with Crippen molar-refractivity contribution in [2.75, 3.05) is 11.9 Å². The molecule has 0 atom stereocenters. The number of nitrogens with one attached hydrogen (secondary N) is 2. The van der Waals surface area contributed by atoms with Gasteiger partial charge in [0.25, 0.3) is 5.91 Å². The van der Waals surface area contributed by atoms with Crippen molar-refractivity contribution in [1.82, 2.24) is 5.32 Å². The maximum atomic E-state index is 12.3. The van der Waals surface area contributed by atoms with Gasteiger partial charge in [-0.25, -0.2) is 0 Å². The summed E-state index contributed by atoms with van der Waals surface area (Å²) in [5, 5.41) is 5.44. The summed E-state index contributed by atoms with van der Waals surface area (Å²) in [5.74, 6) is 5.61. The number of aryl methyl sites for hydroxylation is 2. The van der Waals surface area contributed by atoms with Gasteiger partial charge in [0.05, 0.1) is 6.54 Å². The molecule has 0 unspecified atom stereocenters. The minimum absolute atomic E-state index is 0.105. The van der Waals surface area contributed by atoms with Gasteiger partial charge in [-0.05, 0) is 56.3 Å². The molecule has 2 N–H and O–H groups in total. The highest BCUT2D eigenvalue weighted by Crippen LogP contribution is 2.11. The molecule has 3 aromatic rings.